The normalized spacial score (nSPS) is 15.4. The Hall–Kier alpha value is -2.62. The van der Waals surface area contributed by atoms with Gasteiger partial charge in [-0.15, -0.1) is 11.3 Å². The van der Waals surface area contributed by atoms with E-state index in [1.807, 2.05) is 83.1 Å². The average molecular weight is 516 g/mol. The third-order valence-electron chi connectivity index (χ3n) is 5.99. The summed E-state index contributed by atoms with van der Waals surface area (Å²) >= 11 is 1.49. The molecule has 0 atom stereocenters. The van der Waals surface area contributed by atoms with Crippen molar-refractivity contribution in [2.24, 2.45) is 0 Å². The highest BCUT2D eigenvalue weighted by atomic mass is 32.2. The van der Waals surface area contributed by atoms with Crippen LogP contribution in [-0.4, -0.2) is 55.5 Å². The molecule has 1 fully saturated rings. The minimum Gasteiger partial charge on any atom is -0.444 e. The molecule has 3 aromatic rings. The highest BCUT2D eigenvalue weighted by Gasteiger charge is 2.36. The minimum absolute atomic E-state index is 0.218. The van der Waals surface area contributed by atoms with Gasteiger partial charge in [-0.1, -0.05) is 48.0 Å². The number of ether oxygens (including phenoxy) is 1. The fourth-order valence-electron chi connectivity index (χ4n) is 4.08. The predicted octanol–water partition coefficient (Wildman–Crippen LogP) is 5.32. The molecule has 35 heavy (non-hydrogen) atoms. The quantitative estimate of drug-likeness (QED) is 0.461. The molecule has 1 aromatic heterocycles. The first kappa shape index (κ1) is 25.5. The molecule has 0 spiro atoms. The maximum absolute atomic E-state index is 14.0. The van der Waals surface area contributed by atoms with Crippen LogP contribution in [0.2, 0.25) is 0 Å². The molecule has 0 saturated carbocycles. The van der Waals surface area contributed by atoms with E-state index in [4.69, 9.17) is 4.74 Å². The molecule has 2 aromatic carbocycles. The van der Waals surface area contributed by atoms with Crippen molar-refractivity contribution >= 4 is 42.7 Å². The van der Waals surface area contributed by atoms with Crippen LogP contribution < -0.4 is 4.31 Å². The van der Waals surface area contributed by atoms with Gasteiger partial charge in [0.15, 0.2) is 0 Å². The Morgan fingerprint density at radius 2 is 1.63 bits per heavy atom. The number of amides is 1. The third-order valence-corrected chi connectivity index (χ3v) is 9.28. The van der Waals surface area contributed by atoms with E-state index in [1.54, 1.807) is 4.90 Å². The maximum Gasteiger partial charge on any atom is 0.410 e. The molecule has 1 amide bonds. The zero-order valence-corrected chi connectivity index (χ0v) is 22.6. The minimum atomic E-state index is -3.84. The Bertz CT molecular complexity index is 1300. The first-order valence-corrected chi connectivity index (χ1v) is 14.0. The van der Waals surface area contributed by atoms with Gasteiger partial charge in [0, 0.05) is 30.9 Å². The third kappa shape index (κ3) is 5.63. The van der Waals surface area contributed by atoms with Crippen molar-refractivity contribution in [3.05, 3.63) is 65.2 Å². The lowest BCUT2D eigenvalue weighted by Crippen LogP contribution is -2.54. The molecule has 1 aliphatic heterocycles. The van der Waals surface area contributed by atoms with Crippen LogP contribution in [0.25, 0.3) is 10.1 Å². The summed E-state index contributed by atoms with van der Waals surface area (Å²) < 4.78 is 37.6. The second-order valence-electron chi connectivity index (χ2n) is 9.89. The first-order valence-electron chi connectivity index (χ1n) is 11.7. The van der Waals surface area contributed by atoms with Gasteiger partial charge in [-0.25, -0.2) is 9.10 Å². The predicted molar refractivity (Wildman–Crippen MR) is 142 cm³/mol. The van der Waals surface area contributed by atoms with Crippen LogP contribution in [0.4, 0.5) is 9.80 Å². The van der Waals surface area contributed by atoms with Crippen LogP contribution in [-0.2, 0) is 21.5 Å². The van der Waals surface area contributed by atoms with Crippen molar-refractivity contribution in [1.29, 1.82) is 0 Å². The van der Waals surface area contributed by atoms with E-state index >= 15 is 0 Å². The molecule has 1 aliphatic rings. The number of hydrogen-bond donors (Lipinski definition) is 0. The maximum atomic E-state index is 14.0. The molecular weight excluding hydrogens is 482 g/mol. The van der Waals surface area contributed by atoms with E-state index in [-0.39, 0.29) is 32.7 Å². The summed E-state index contributed by atoms with van der Waals surface area (Å²) in [4.78, 5) is 14.0. The van der Waals surface area contributed by atoms with E-state index in [0.717, 1.165) is 31.8 Å². The van der Waals surface area contributed by atoms with Gasteiger partial charge < -0.3 is 9.64 Å². The number of rotatable bonds is 5. The molecule has 9 heteroatoms. The SMILES string of the molecule is Cc1ccc(CN(c2sc3ccccc3c2C)S(=O)(=O)N2CCN(C(=O)OC(C)(C)C)CC2)cc1. The molecule has 0 unspecified atom stereocenters. The number of anilines is 1. The van der Waals surface area contributed by atoms with Gasteiger partial charge in [0.25, 0.3) is 0 Å². The fourth-order valence-corrected chi connectivity index (χ4v) is 7.16. The second-order valence-corrected chi connectivity index (χ2v) is 12.8. The summed E-state index contributed by atoms with van der Waals surface area (Å²) in [7, 11) is -3.84. The largest absolute Gasteiger partial charge is 0.444 e. The van der Waals surface area contributed by atoms with Crippen LogP contribution in [0.1, 0.15) is 37.5 Å². The summed E-state index contributed by atoms with van der Waals surface area (Å²) in [6.45, 7) is 10.7. The van der Waals surface area contributed by atoms with Crippen molar-refractivity contribution in [3.8, 4) is 0 Å². The van der Waals surface area contributed by atoms with Crippen LogP contribution in [0.15, 0.2) is 48.5 Å². The summed E-state index contributed by atoms with van der Waals surface area (Å²) in [6, 6.07) is 15.9. The molecule has 188 valence electrons. The number of nitrogens with zero attached hydrogens (tertiary/aromatic N) is 3. The Morgan fingerprint density at radius 1 is 1.00 bits per heavy atom. The molecule has 7 nitrogen and oxygen atoms in total. The number of aryl methyl sites for hydroxylation is 2. The summed E-state index contributed by atoms with van der Waals surface area (Å²) in [5.41, 5.74) is 2.40. The van der Waals surface area contributed by atoms with Crippen molar-refractivity contribution < 1.29 is 17.9 Å². The molecule has 1 saturated heterocycles. The van der Waals surface area contributed by atoms with Gasteiger partial charge in [0.1, 0.15) is 10.6 Å². The van der Waals surface area contributed by atoms with Gasteiger partial charge in [0.2, 0.25) is 0 Å². The fraction of sp³-hybridized carbons (Fsp3) is 0.423. The van der Waals surface area contributed by atoms with Gasteiger partial charge >= 0.3 is 16.3 Å². The van der Waals surface area contributed by atoms with Crippen molar-refractivity contribution in [3.63, 3.8) is 0 Å². The molecule has 0 bridgehead atoms. The molecular formula is C26H33N3O4S2. The molecule has 0 radical (unpaired) electrons. The van der Waals surface area contributed by atoms with Crippen LogP contribution >= 0.6 is 11.3 Å². The van der Waals surface area contributed by atoms with E-state index < -0.39 is 21.9 Å². The summed E-state index contributed by atoms with van der Waals surface area (Å²) in [5, 5.41) is 1.78. The standard InChI is InChI=1S/C26H33N3O4S2/c1-19-10-12-21(13-11-19)18-29(24-20(2)22-8-6-7-9-23(22)34-24)35(31,32)28-16-14-27(15-17-28)25(30)33-26(3,4)5/h6-13H,14-18H2,1-5H3. The van der Waals surface area contributed by atoms with E-state index in [1.165, 1.54) is 19.9 Å². The lowest BCUT2D eigenvalue weighted by Gasteiger charge is -2.37. The highest BCUT2D eigenvalue weighted by Crippen LogP contribution is 2.40. The van der Waals surface area contributed by atoms with E-state index in [0.29, 0.717) is 0 Å². The Morgan fingerprint density at radius 3 is 2.23 bits per heavy atom. The molecule has 0 aliphatic carbocycles. The Labute approximate surface area is 212 Å². The van der Waals surface area contributed by atoms with Gasteiger partial charge in [-0.3, -0.25) is 0 Å². The topological polar surface area (TPSA) is 70.2 Å². The first-order chi connectivity index (χ1) is 16.5. The molecule has 2 heterocycles. The average Bonchev–Trinajstić information content (AvgIpc) is 3.13. The van der Waals surface area contributed by atoms with Crippen molar-refractivity contribution in [2.75, 3.05) is 30.5 Å². The number of carbonyl (C=O) groups is 1. The monoisotopic (exact) mass is 515 g/mol. The molecule has 4 rings (SSSR count). The van der Waals surface area contributed by atoms with Gasteiger partial charge in [0.05, 0.1) is 6.54 Å². The number of hydrogen-bond acceptors (Lipinski definition) is 5. The second kappa shape index (κ2) is 9.79. The number of benzene rings is 2. The smallest absolute Gasteiger partial charge is 0.410 e. The lowest BCUT2D eigenvalue weighted by atomic mass is 10.1. The van der Waals surface area contributed by atoms with Gasteiger partial charge in [-0.05, 0) is 57.2 Å². The highest BCUT2D eigenvalue weighted by molar-refractivity contribution is 7.90. The number of piperazine rings is 1. The number of carbonyl (C=O) groups excluding carboxylic acids is 1. The number of thiophene rings is 1. The van der Waals surface area contributed by atoms with Crippen LogP contribution in [0.5, 0.6) is 0 Å². The van der Waals surface area contributed by atoms with Crippen LogP contribution in [0, 0.1) is 13.8 Å². The van der Waals surface area contributed by atoms with Gasteiger partial charge in [-0.2, -0.15) is 12.7 Å². The van der Waals surface area contributed by atoms with Crippen LogP contribution in [0.3, 0.4) is 0 Å². The van der Waals surface area contributed by atoms with Crippen molar-refractivity contribution in [2.45, 2.75) is 46.8 Å². The summed E-state index contributed by atoms with van der Waals surface area (Å²) in [6.07, 6.45) is -0.411. The zero-order chi connectivity index (χ0) is 25.4. The Kier molecular flexibility index (Phi) is 7.13. The van der Waals surface area contributed by atoms with E-state index in [9.17, 15) is 13.2 Å². The number of fused-ring (bicyclic) bond motifs is 1. The Balaban J connectivity index is 1.63. The molecule has 0 N–H and O–H groups in total. The lowest BCUT2D eigenvalue weighted by molar-refractivity contribution is 0.0192. The van der Waals surface area contributed by atoms with Crippen molar-refractivity contribution in [1.82, 2.24) is 9.21 Å². The zero-order valence-electron chi connectivity index (χ0n) is 20.9. The van der Waals surface area contributed by atoms with E-state index in [2.05, 4.69) is 0 Å². The summed E-state index contributed by atoms with van der Waals surface area (Å²) in [5.74, 6) is 0.